The fourth-order valence-corrected chi connectivity index (χ4v) is 4.58. The monoisotopic (exact) mass is 380 g/mol. The summed E-state index contributed by atoms with van der Waals surface area (Å²) in [6.07, 6.45) is 2.47. The van der Waals surface area contributed by atoms with Gasteiger partial charge in [-0.05, 0) is 42.6 Å². The Hall–Kier alpha value is -1.53. The second kappa shape index (κ2) is 7.60. The Kier molecular flexibility index (Phi) is 6.08. The predicted octanol–water partition coefficient (Wildman–Crippen LogP) is 4.85. The van der Waals surface area contributed by atoms with Gasteiger partial charge in [-0.25, -0.2) is 0 Å². The second-order valence-corrected chi connectivity index (χ2v) is 13.1. The lowest BCUT2D eigenvalue weighted by Gasteiger charge is -2.42. The highest BCUT2D eigenvalue weighted by Gasteiger charge is 2.42. The first kappa shape index (κ1) is 20.8. The van der Waals surface area contributed by atoms with Gasteiger partial charge in [-0.3, -0.25) is 0 Å². The number of fused-ring (bicyclic) bond motifs is 1. The first-order valence-corrected chi connectivity index (χ1v) is 12.0. The van der Waals surface area contributed by atoms with Crippen LogP contribution < -0.4 is 14.2 Å². The number of carbonyl (C=O) groups excluding carboxylic acids is 1. The van der Waals surface area contributed by atoms with E-state index in [1.807, 2.05) is 6.07 Å². The number of benzene rings is 1. The maximum absolute atomic E-state index is 11.7. The maximum Gasteiger partial charge on any atom is 0.203 e. The van der Waals surface area contributed by atoms with E-state index in [0.717, 1.165) is 30.3 Å². The van der Waals surface area contributed by atoms with E-state index in [0.29, 0.717) is 17.2 Å². The summed E-state index contributed by atoms with van der Waals surface area (Å²) in [5, 5.41) is 0.106. The fraction of sp³-hybridized carbons (Fsp3) is 0.650. The predicted molar refractivity (Wildman–Crippen MR) is 105 cm³/mol. The van der Waals surface area contributed by atoms with E-state index < -0.39 is 8.32 Å². The smallest absolute Gasteiger partial charge is 0.203 e. The maximum atomic E-state index is 11.7. The molecule has 1 aliphatic carbocycles. The van der Waals surface area contributed by atoms with Gasteiger partial charge < -0.3 is 23.4 Å². The van der Waals surface area contributed by atoms with Crippen LogP contribution in [-0.2, 0) is 9.22 Å². The summed E-state index contributed by atoms with van der Waals surface area (Å²) in [6.45, 7) is 11.2. The molecule has 5 nitrogen and oxygen atoms in total. The van der Waals surface area contributed by atoms with Crippen LogP contribution in [0.5, 0.6) is 17.2 Å². The molecule has 0 aromatic heterocycles. The number of methoxy groups -OCH3 is 3. The largest absolute Gasteiger partial charge is 0.493 e. The molecule has 0 fully saturated rings. The van der Waals surface area contributed by atoms with Gasteiger partial charge in [0.25, 0.3) is 0 Å². The van der Waals surface area contributed by atoms with Gasteiger partial charge in [-0.15, -0.1) is 0 Å². The van der Waals surface area contributed by atoms with E-state index in [1.165, 1.54) is 0 Å². The summed E-state index contributed by atoms with van der Waals surface area (Å²) in [5.74, 6) is 1.47. The molecule has 0 N–H and O–H groups in total. The summed E-state index contributed by atoms with van der Waals surface area (Å²) in [7, 11) is 2.81. The quantitative estimate of drug-likeness (QED) is 0.521. The average molecular weight is 381 g/mol. The molecule has 0 spiro atoms. The van der Waals surface area contributed by atoms with Crippen LogP contribution in [0.15, 0.2) is 6.07 Å². The molecule has 2 rings (SSSR count). The third-order valence-electron chi connectivity index (χ3n) is 5.77. The van der Waals surface area contributed by atoms with Gasteiger partial charge in [-0.2, -0.15) is 0 Å². The van der Waals surface area contributed by atoms with Crippen LogP contribution in [0.1, 0.15) is 56.8 Å². The van der Waals surface area contributed by atoms with Gasteiger partial charge in [0, 0.05) is 11.5 Å². The summed E-state index contributed by atoms with van der Waals surface area (Å²) >= 11 is 0. The van der Waals surface area contributed by atoms with Crippen molar-refractivity contribution in [1.82, 2.24) is 0 Å². The van der Waals surface area contributed by atoms with Crippen LogP contribution in [0.3, 0.4) is 0 Å². The Labute approximate surface area is 158 Å². The SMILES string of the molecule is COc1cc2c(c(OC)c1OC)C(C=O)CCC2O[Si](C)(C)C(C)(C)C. The van der Waals surface area contributed by atoms with Crippen LogP contribution in [0, 0.1) is 0 Å². The highest BCUT2D eigenvalue weighted by atomic mass is 28.4. The third kappa shape index (κ3) is 3.62. The molecule has 0 heterocycles. The first-order chi connectivity index (χ1) is 12.1. The minimum absolute atomic E-state index is 0.0733. The fourth-order valence-electron chi connectivity index (χ4n) is 3.27. The molecule has 2 atom stereocenters. The molecule has 2 unspecified atom stereocenters. The van der Waals surface area contributed by atoms with E-state index >= 15 is 0 Å². The number of rotatable bonds is 6. The normalized spacial score (nSPS) is 20.3. The Morgan fingerprint density at radius 3 is 2.12 bits per heavy atom. The Morgan fingerprint density at radius 2 is 1.65 bits per heavy atom. The number of hydrogen-bond acceptors (Lipinski definition) is 5. The van der Waals surface area contributed by atoms with Crippen molar-refractivity contribution >= 4 is 14.6 Å². The Morgan fingerprint density at radius 1 is 1.04 bits per heavy atom. The molecule has 146 valence electrons. The summed E-state index contributed by atoms with van der Waals surface area (Å²) in [6, 6.07) is 1.95. The molecule has 1 aromatic rings. The van der Waals surface area contributed by atoms with Crippen LogP contribution >= 0.6 is 0 Å². The Balaban J connectivity index is 2.62. The summed E-state index contributed by atoms with van der Waals surface area (Å²) in [5.41, 5.74) is 1.85. The molecular weight excluding hydrogens is 348 g/mol. The van der Waals surface area contributed by atoms with Gasteiger partial charge in [0.1, 0.15) is 6.29 Å². The highest BCUT2D eigenvalue weighted by Crippen LogP contribution is 2.52. The molecule has 0 radical (unpaired) electrons. The standard InChI is InChI=1S/C20H32O5Si/c1-20(2,3)26(7,8)25-15-10-9-13(12-21)17-14(15)11-16(22-4)18(23-5)19(17)24-6/h11-13,15H,9-10H2,1-8H3. The van der Waals surface area contributed by atoms with E-state index in [1.54, 1.807) is 21.3 Å². The highest BCUT2D eigenvalue weighted by molar-refractivity contribution is 6.74. The number of aldehydes is 1. The molecule has 6 heteroatoms. The zero-order valence-corrected chi connectivity index (χ0v) is 18.3. The van der Waals surface area contributed by atoms with Crippen molar-refractivity contribution in [2.75, 3.05) is 21.3 Å². The van der Waals surface area contributed by atoms with Crippen molar-refractivity contribution in [1.29, 1.82) is 0 Å². The molecular formula is C20H32O5Si. The molecule has 1 aromatic carbocycles. The minimum atomic E-state index is -1.97. The van der Waals surface area contributed by atoms with E-state index in [4.69, 9.17) is 18.6 Å². The van der Waals surface area contributed by atoms with Gasteiger partial charge in [-0.1, -0.05) is 20.8 Å². The molecule has 0 bridgehead atoms. The van der Waals surface area contributed by atoms with Crippen LogP contribution in [-0.4, -0.2) is 35.9 Å². The molecule has 0 amide bonds. The van der Waals surface area contributed by atoms with Crippen molar-refractivity contribution in [3.8, 4) is 17.2 Å². The van der Waals surface area contributed by atoms with Gasteiger partial charge >= 0.3 is 0 Å². The van der Waals surface area contributed by atoms with Crippen molar-refractivity contribution < 1.29 is 23.4 Å². The molecule has 26 heavy (non-hydrogen) atoms. The third-order valence-corrected chi connectivity index (χ3v) is 10.3. The number of ether oxygens (including phenoxy) is 3. The van der Waals surface area contributed by atoms with Gasteiger partial charge in [0.15, 0.2) is 19.8 Å². The van der Waals surface area contributed by atoms with Gasteiger partial charge in [0.05, 0.1) is 27.4 Å². The van der Waals surface area contributed by atoms with Crippen LogP contribution in [0.4, 0.5) is 0 Å². The lowest BCUT2D eigenvalue weighted by atomic mass is 9.81. The zero-order chi connectivity index (χ0) is 19.7. The van der Waals surface area contributed by atoms with Crippen molar-refractivity contribution in [3.05, 3.63) is 17.2 Å². The molecule has 1 aliphatic rings. The lowest BCUT2D eigenvalue weighted by Crippen LogP contribution is -2.42. The average Bonchev–Trinajstić information content (AvgIpc) is 2.58. The van der Waals surface area contributed by atoms with E-state index in [2.05, 4.69) is 33.9 Å². The topological polar surface area (TPSA) is 54.0 Å². The lowest BCUT2D eigenvalue weighted by molar-refractivity contribution is -0.109. The van der Waals surface area contributed by atoms with Crippen molar-refractivity contribution in [2.45, 2.75) is 63.8 Å². The number of carbonyl (C=O) groups is 1. The van der Waals surface area contributed by atoms with Crippen LogP contribution in [0.2, 0.25) is 18.1 Å². The Bertz CT molecular complexity index is 663. The van der Waals surface area contributed by atoms with Gasteiger partial charge in [0.2, 0.25) is 5.75 Å². The molecule has 0 saturated heterocycles. The number of hydrogen-bond donors (Lipinski definition) is 0. The summed E-state index contributed by atoms with van der Waals surface area (Å²) < 4.78 is 23.4. The minimum Gasteiger partial charge on any atom is -0.493 e. The van der Waals surface area contributed by atoms with Crippen molar-refractivity contribution in [3.63, 3.8) is 0 Å². The second-order valence-electron chi connectivity index (χ2n) is 8.33. The van der Waals surface area contributed by atoms with E-state index in [-0.39, 0.29) is 17.1 Å². The first-order valence-electron chi connectivity index (χ1n) is 9.07. The van der Waals surface area contributed by atoms with Crippen LogP contribution in [0.25, 0.3) is 0 Å². The van der Waals surface area contributed by atoms with Crippen molar-refractivity contribution in [2.24, 2.45) is 0 Å². The molecule has 0 saturated carbocycles. The van der Waals surface area contributed by atoms with E-state index in [9.17, 15) is 4.79 Å². The zero-order valence-electron chi connectivity index (χ0n) is 17.3. The summed E-state index contributed by atoms with van der Waals surface area (Å²) in [4.78, 5) is 11.7. The molecule has 0 aliphatic heterocycles.